The van der Waals surface area contributed by atoms with E-state index in [2.05, 4.69) is 4.90 Å². The summed E-state index contributed by atoms with van der Waals surface area (Å²) < 4.78 is 11.1. The van der Waals surface area contributed by atoms with Crippen LogP contribution in [0.4, 0.5) is 11.4 Å². The standard InChI is InChI=1S/C23H22ClN3O3S.ClH/c1-29-20-14-17(6-7-19(20)26-10-12-30-13-11-26)27-9-8-18-21(23(27)28)31-22(25-18)15-2-4-16(24)5-3-15;/h2-7,14H,8-13H2,1H3;1H. The highest BCUT2D eigenvalue weighted by atomic mass is 35.5. The molecule has 0 radical (unpaired) electrons. The molecule has 2 aliphatic rings. The molecule has 0 atom stereocenters. The number of halogens is 2. The third-order valence-corrected chi connectivity index (χ3v) is 7.01. The molecular formula is C23H23Cl2N3O3S. The Labute approximate surface area is 202 Å². The van der Waals surface area contributed by atoms with E-state index < -0.39 is 0 Å². The summed E-state index contributed by atoms with van der Waals surface area (Å²) in [6.45, 7) is 3.67. The number of methoxy groups -OCH3 is 1. The van der Waals surface area contributed by atoms with Crippen molar-refractivity contribution in [2.45, 2.75) is 6.42 Å². The molecule has 0 aliphatic carbocycles. The fourth-order valence-corrected chi connectivity index (χ4v) is 5.18. The van der Waals surface area contributed by atoms with Crippen LogP contribution in [0.2, 0.25) is 5.02 Å². The van der Waals surface area contributed by atoms with E-state index in [1.165, 1.54) is 11.3 Å². The van der Waals surface area contributed by atoms with E-state index in [4.69, 9.17) is 26.1 Å². The Bertz CT molecular complexity index is 1110. The summed E-state index contributed by atoms with van der Waals surface area (Å²) in [6, 6.07) is 13.5. The maximum absolute atomic E-state index is 13.3. The lowest BCUT2D eigenvalue weighted by Gasteiger charge is -2.31. The number of amides is 1. The quantitative estimate of drug-likeness (QED) is 0.517. The van der Waals surface area contributed by atoms with E-state index in [1.54, 1.807) is 7.11 Å². The zero-order valence-electron chi connectivity index (χ0n) is 17.5. The number of morpholine rings is 1. The number of rotatable bonds is 4. The van der Waals surface area contributed by atoms with E-state index in [-0.39, 0.29) is 18.3 Å². The summed E-state index contributed by atoms with van der Waals surface area (Å²) in [4.78, 5) is 22.8. The van der Waals surface area contributed by atoms with Gasteiger partial charge in [-0.3, -0.25) is 4.79 Å². The summed E-state index contributed by atoms with van der Waals surface area (Å²) in [5.41, 5.74) is 3.71. The molecule has 6 nitrogen and oxygen atoms in total. The lowest BCUT2D eigenvalue weighted by molar-refractivity contribution is 0.0984. The van der Waals surface area contributed by atoms with Gasteiger partial charge in [-0.15, -0.1) is 23.7 Å². The number of carbonyl (C=O) groups is 1. The van der Waals surface area contributed by atoms with Crippen LogP contribution in [0, 0.1) is 0 Å². The minimum absolute atomic E-state index is 0. The highest BCUT2D eigenvalue weighted by molar-refractivity contribution is 7.17. The molecule has 168 valence electrons. The van der Waals surface area contributed by atoms with Gasteiger partial charge in [0.05, 0.1) is 31.7 Å². The number of ether oxygens (including phenoxy) is 2. The van der Waals surface area contributed by atoms with Gasteiger partial charge < -0.3 is 19.3 Å². The molecule has 3 aromatic rings. The highest BCUT2D eigenvalue weighted by Crippen LogP contribution is 2.37. The number of fused-ring (bicyclic) bond motifs is 1. The van der Waals surface area contributed by atoms with Crippen molar-refractivity contribution in [3.63, 3.8) is 0 Å². The highest BCUT2D eigenvalue weighted by Gasteiger charge is 2.30. The molecule has 0 unspecified atom stereocenters. The monoisotopic (exact) mass is 491 g/mol. The topological polar surface area (TPSA) is 54.9 Å². The molecule has 5 rings (SSSR count). The first kappa shape index (κ1) is 22.9. The van der Waals surface area contributed by atoms with Crippen LogP contribution in [0.25, 0.3) is 10.6 Å². The molecule has 0 N–H and O–H groups in total. The van der Waals surface area contributed by atoms with Crippen molar-refractivity contribution in [1.82, 2.24) is 4.98 Å². The summed E-state index contributed by atoms with van der Waals surface area (Å²) in [5.74, 6) is 0.754. The van der Waals surface area contributed by atoms with E-state index in [0.29, 0.717) is 29.7 Å². The summed E-state index contributed by atoms with van der Waals surface area (Å²) in [7, 11) is 1.67. The molecule has 0 saturated carbocycles. The minimum Gasteiger partial charge on any atom is -0.495 e. The van der Waals surface area contributed by atoms with Crippen molar-refractivity contribution in [2.24, 2.45) is 0 Å². The van der Waals surface area contributed by atoms with Gasteiger partial charge in [0.15, 0.2) is 0 Å². The molecular weight excluding hydrogens is 469 g/mol. The Morgan fingerprint density at radius 2 is 1.84 bits per heavy atom. The first-order valence-electron chi connectivity index (χ1n) is 10.2. The van der Waals surface area contributed by atoms with Crippen molar-refractivity contribution >= 4 is 52.6 Å². The SMILES string of the molecule is COc1cc(N2CCc3nc(-c4ccc(Cl)cc4)sc3C2=O)ccc1N1CCOCC1.Cl. The van der Waals surface area contributed by atoms with Crippen molar-refractivity contribution in [3.8, 4) is 16.3 Å². The van der Waals surface area contributed by atoms with Crippen LogP contribution in [0.15, 0.2) is 42.5 Å². The molecule has 2 aliphatic heterocycles. The largest absolute Gasteiger partial charge is 0.495 e. The lowest BCUT2D eigenvalue weighted by Crippen LogP contribution is -2.37. The van der Waals surface area contributed by atoms with E-state index in [9.17, 15) is 4.79 Å². The van der Waals surface area contributed by atoms with E-state index in [1.807, 2.05) is 47.4 Å². The zero-order valence-corrected chi connectivity index (χ0v) is 19.9. The van der Waals surface area contributed by atoms with Crippen LogP contribution < -0.4 is 14.5 Å². The number of aromatic nitrogens is 1. The van der Waals surface area contributed by atoms with Gasteiger partial charge in [-0.1, -0.05) is 23.7 Å². The number of thiazole rings is 1. The molecule has 1 amide bonds. The molecule has 3 heterocycles. The molecule has 0 spiro atoms. The number of anilines is 2. The smallest absolute Gasteiger partial charge is 0.270 e. The fraction of sp³-hybridized carbons (Fsp3) is 0.304. The summed E-state index contributed by atoms with van der Waals surface area (Å²) >= 11 is 7.44. The average Bonchev–Trinajstić information content (AvgIpc) is 3.25. The van der Waals surface area contributed by atoms with E-state index in [0.717, 1.165) is 52.9 Å². The molecule has 1 saturated heterocycles. The van der Waals surface area contributed by atoms with Gasteiger partial charge in [-0.05, 0) is 24.3 Å². The van der Waals surface area contributed by atoms with Crippen molar-refractivity contribution in [1.29, 1.82) is 0 Å². The number of hydrogen-bond acceptors (Lipinski definition) is 6. The predicted octanol–water partition coefficient (Wildman–Crippen LogP) is 4.93. The van der Waals surface area contributed by atoms with E-state index >= 15 is 0 Å². The number of carbonyl (C=O) groups excluding carboxylic acids is 1. The van der Waals surface area contributed by atoms with Crippen LogP contribution in [0.3, 0.4) is 0 Å². The number of nitrogens with zero attached hydrogens (tertiary/aromatic N) is 3. The van der Waals surface area contributed by atoms with Crippen LogP contribution in [0.1, 0.15) is 15.4 Å². The van der Waals surface area contributed by atoms with Gasteiger partial charge in [0, 0.05) is 48.4 Å². The maximum Gasteiger partial charge on any atom is 0.270 e. The third kappa shape index (κ3) is 4.30. The molecule has 32 heavy (non-hydrogen) atoms. The van der Waals surface area contributed by atoms with Crippen molar-refractivity contribution in [2.75, 3.05) is 49.8 Å². The Morgan fingerprint density at radius 1 is 1.09 bits per heavy atom. The first-order valence-corrected chi connectivity index (χ1v) is 11.4. The second-order valence-electron chi connectivity index (χ2n) is 7.46. The normalized spacial score (nSPS) is 15.9. The van der Waals surface area contributed by atoms with Crippen LogP contribution >= 0.6 is 35.3 Å². The second kappa shape index (κ2) is 9.67. The number of benzene rings is 2. The minimum atomic E-state index is -0.0138. The molecule has 0 bridgehead atoms. The van der Waals surface area contributed by atoms with Crippen molar-refractivity contribution < 1.29 is 14.3 Å². The van der Waals surface area contributed by atoms with Crippen molar-refractivity contribution in [3.05, 3.63) is 58.1 Å². The Morgan fingerprint density at radius 3 is 2.56 bits per heavy atom. The maximum atomic E-state index is 13.3. The fourth-order valence-electron chi connectivity index (χ4n) is 3.99. The molecule has 1 aromatic heterocycles. The zero-order chi connectivity index (χ0) is 21.4. The molecule has 2 aromatic carbocycles. The van der Waals surface area contributed by atoms with Gasteiger partial charge in [-0.25, -0.2) is 4.98 Å². The van der Waals surface area contributed by atoms with Gasteiger partial charge >= 0.3 is 0 Å². The van der Waals surface area contributed by atoms with Crippen LogP contribution in [0.5, 0.6) is 5.75 Å². The molecule has 9 heteroatoms. The van der Waals surface area contributed by atoms with Crippen LogP contribution in [-0.4, -0.2) is 50.8 Å². The Hall–Kier alpha value is -2.32. The average molecular weight is 492 g/mol. The van der Waals surface area contributed by atoms with Gasteiger partial charge in [-0.2, -0.15) is 0 Å². The van der Waals surface area contributed by atoms with Gasteiger partial charge in [0.25, 0.3) is 5.91 Å². The van der Waals surface area contributed by atoms with Gasteiger partial charge in [0.1, 0.15) is 15.6 Å². The predicted molar refractivity (Wildman–Crippen MR) is 131 cm³/mol. The summed E-state index contributed by atoms with van der Waals surface area (Å²) in [5, 5.41) is 1.53. The first-order chi connectivity index (χ1) is 15.1. The number of hydrogen-bond donors (Lipinski definition) is 0. The lowest BCUT2D eigenvalue weighted by atomic mass is 10.1. The summed E-state index contributed by atoms with van der Waals surface area (Å²) in [6.07, 6.45) is 0.721. The van der Waals surface area contributed by atoms with Gasteiger partial charge in [0.2, 0.25) is 0 Å². The Balaban J connectivity index is 0.00000245. The second-order valence-corrected chi connectivity index (χ2v) is 8.90. The van der Waals surface area contributed by atoms with Crippen LogP contribution in [-0.2, 0) is 11.2 Å². The third-order valence-electron chi connectivity index (χ3n) is 5.63. The molecule has 1 fully saturated rings. The Kier molecular flexibility index (Phi) is 6.90.